The maximum atomic E-state index is 13.8. The second kappa shape index (κ2) is 4.38. The number of hydrogen-bond acceptors (Lipinski definition) is 2. The van der Waals surface area contributed by atoms with Crippen molar-refractivity contribution in [1.82, 2.24) is 9.97 Å². The summed E-state index contributed by atoms with van der Waals surface area (Å²) in [6.07, 6.45) is 0. The molecule has 0 atom stereocenters. The van der Waals surface area contributed by atoms with Gasteiger partial charge in [0.2, 0.25) is 0 Å². The Kier molecular flexibility index (Phi) is 2.69. The Morgan fingerprint density at radius 2 is 2.00 bits per heavy atom. The van der Waals surface area contributed by atoms with Crippen LogP contribution in [0, 0.1) is 17.1 Å². The normalized spacial score (nSPS) is 10.6. The van der Waals surface area contributed by atoms with Crippen LogP contribution in [0.25, 0.3) is 22.4 Å². The first-order valence-corrected chi connectivity index (χ1v) is 5.91. The molecule has 0 aliphatic carbocycles. The van der Waals surface area contributed by atoms with E-state index in [0.717, 1.165) is 0 Å². The number of benzene rings is 2. The van der Waals surface area contributed by atoms with Crippen LogP contribution >= 0.6 is 11.6 Å². The van der Waals surface area contributed by atoms with Crippen LogP contribution < -0.4 is 0 Å². The topological polar surface area (TPSA) is 52.5 Å². The average Bonchev–Trinajstić information content (AvgIpc) is 2.81. The summed E-state index contributed by atoms with van der Waals surface area (Å²) in [5, 5.41) is 9.30. The summed E-state index contributed by atoms with van der Waals surface area (Å²) in [6.45, 7) is 0. The van der Waals surface area contributed by atoms with Crippen LogP contribution in [0.1, 0.15) is 5.56 Å². The number of nitrogens with one attached hydrogen (secondary N) is 1. The van der Waals surface area contributed by atoms with E-state index in [1.807, 2.05) is 0 Å². The van der Waals surface area contributed by atoms with Crippen LogP contribution in [0.5, 0.6) is 0 Å². The summed E-state index contributed by atoms with van der Waals surface area (Å²) < 4.78 is 13.8. The van der Waals surface area contributed by atoms with Crippen molar-refractivity contribution in [3.05, 3.63) is 52.8 Å². The zero-order valence-corrected chi connectivity index (χ0v) is 10.4. The third kappa shape index (κ3) is 1.85. The number of nitriles is 1. The summed E-state index contributed by atoms with van der Waals surface area (Å²) in [5.41, 5.74) is 1.84. The van der Waals surface area contributed by atoms with E-state index in [0.29, 0.717) is 22.4 Å². The summed E-state index contributed by atoms with van der Waals surface area (Å²) in [6, 6.07) is 11.7. The van der Waals surface area contributed by atoms with Gasteiger partial charge in [0.1, 0.15) is 23.2 Å². The standard InChI is InChI=1S/C14H7ClFN3/c15-9-4-2-5-10(16)12(9)14-18-11-6-1-3-8(7-17)13(11)19-14/h1-6H,(H,18,19). The number of para-hydroxylation sites is 1. The van der Waals surface area contributed by atoms with Crippen LogP contribution in [0.3, 0.4) is 0 Å². The molecule has 0 amide bonds. The van der Waals surface area contributed by atoms with Crippen molar-refractivity contribution in [1.29, 1.82) is 5.26 Å². The zero-order chi connectivity index (χ0) is 13.4. The lowest BCUT2D eigenvalue weighted by Crippen LogP contribution is -1.87. The number of nitrogens with zero attached hydrogens (tertiary/aromatic N) is 2. The number of H-pyrrole nitrogens is 1. The number of rotatable bonds is 1. The van der Waals surface area contributed by atoms with E-state index in [2.05, 4.69) is 16.0 Å². The van der Waals surface area contributed by atoms with Crippen molar-refractivity contribution >= 4 is 22.6 Å². The van der Waals surface area contributed by atoms with Gasteiger partial charge in [0.05, 0.1) is 21.7 Å². The van der Waals surface area contributed by atoms with Gasteiger partial charge in [-0.1, -0.05) is 23.7 Å². The fourth-order valence-electron chi connectivity index (χ4n) is 1.96. The largest absolute Gasteiger partial charge is 0.338 e. The molecule has 19 heavy (non-hydrogen) atoms. The summed E-state index contributed by atoms with van der Waals surface area (Å²) >= 11 is 6.00. The molecule has 0 spiro atoms. The van der Waals surface area contributed by atoms with E-state index in [1.165, 1.54) is 12.1 Å². The number of aromatic amines is 1. The number of halogens is 2. The van der Waals surface area contributed by atoms with Crippen LogP contribution in [0.4, 0.5) is 4.39 Å². The highest BCUT2D eigenvalue weighted by Gasteiger charge is 2.14. The molecule has 0 unspecified atom stereocenters. The highest BCUT2D eigenvalue weighted by atomic mass is 35.5. The number of fused-ring (bicyclic) bond motifs is 1. The second-order valence-corrected chi connectivity index (χ2v) is 4.40. The number of imidazole rings is 1. The molecular formula is C14H7ClFN3. The van der Waals surface area contributed by atoms with Crippen molar-refractivity contribution in [2.75, 3.05) is 0 Å². The third-order valence-corrected chi connectivity index (χ3v) is 3.15. The smallest absolute Gasteiger partial charge is 0.143 e. The molecule has 1 heterocycles. The van der Waals surface area contributed by atoms with Gasteiger partial charge in [-0.05, 0) is 24.3 Å². The molecule has 0 bridgehead atoms. The molecule has 1 N–H and O–H groups in total. The Bertz CT molecular complexity index is 797. The van der Waals surface area contributed by atoms with E-state index in [4.69, 9.17) is 16.9 Å². The van der Waals surface area contributed by atoms with Crippen LogP contribution in [-0.4, -0.2) is 9.97 Å². The summed E-state index contributed by atoms with van der Waals surface area (Å²) in [5.74, 6) is -0.133. The Labute approximate surface area is 113 Å². The zero-order valence-electron chi connectivity index (χ0n) is 9.61. The number of hydrogen-bond donors (Lipinski definition) is 1. The molecule has 1 aromatic heterocycles. The summed E-state index contributed by atoms with van der Waals surface area (Å²) in [4.78, 5) is 7.25. The maximum Gasteiger partial charge on any atom is 0.143 e. The second-order valence-electron chi connectivity index (χ2n) is 4.00. The Balaban J connectivity index is 2.31. The maximum absolute atomic E-state index is 13.8. The fraction of sp³-hybridized carbons (Fsp3) is 0. The SMILES string of the molecule is N#Cc1cccc2[nH]c(-c3c(F)cccc3Cl)nc12. The molecule has 0 aliphatic heterocycles. The lowest BCUT2D eigenvalue weighted by Gasteiger charge is -2.01. The first-order chi connectivity index (χ1) is 9.20. The van der Waals surface area contributed by atoms with Gasteiger partial charge in [0.25, 0.3) is 0 Å². The average molecular weight is 272 g/mol. The van der Waals surface area contributed by atoms with Gasteiger partial charge >= 0.3 is 0 Å². The van der Waals surface area contributed by atoms with Gasteiger partial charge in [-0.25, -0.2) is 9.37 Å². The quantitative estimate of drug-likeness (QED) is 0.730. The molecule has 2 aromatic carbocycles. The molecule has 5 heteroatoms. The Morgan fingerprint density at radius 1 is 1.21 bits per heavy atom. The van der Waals surface area contributed by atoms with Gasteiger partial charge in [-0.2, -0.15) is 5.26 Å². The fourth-order valence-corrected chi connectivity index (χ4v) is 2.22. The van der Waals surface area contributed by atoms with Gasteiger partial charge < -0.3 is 4.98 Å². The molecule has 0 saturated heterocycles. The molecular weight excluding hydrogens is 265 g/mol. The van der Waals surface area contributed by atoms with Crippen molar-refractivity contribution in [2.45, 2.75) is 0 Å². The molecule has 0 radical (unpaired) electrons. The first kappa shape index (κ1) is 11.7. The van der Waals surface area contributed by atoms with E-state index in [9.17, 15) is 4.39 Å². The highest BCUT2D eigenvalue weighted by molar-refractivity contribution is 6.33. The molecule has 0 saturated carbocycles. The van der Waals surface area contributed by atoms with E-state index in [-0.39, 0.29) is 10.6 Å². The predicted octanol–water partition coefficient (Wildman–Crippen LogP) is 3.89. The van der Waals surface area contributed by atoms with Crippen molar-refractivity contribution < 1.29 is 4.39 Å². The van der Waals surface area contributed by atoms with Gasteiger partial charge in [0.15, 0.2) is 0 Å². The van der Waals surface area contributed by atoms with Crippen molar-refractivity contribution in [2.24, 2.45) is 0 Å². The Hall–Kier alpha value is -2.38. The van der Waals surface area contributed by atoms with Gasteiger partial charge in [0, 0.05) is 0 Å². The van der Waals surface area contributed by atoms with Crippen molar-refractivity contribution in [3.8, 4) is 17.5 Å². The lowest BCUT2D eigenvalue weighted by atomic mass is 10.2. The lowest BCUT2D eigenvalue weighted by molar-refractivity contribution is 0.630. The van der Waals surface area contributed by atoms with Crippen molar-refractivity contribution in [3.63, 3.8) is 0 Å². The number of aromatic nitrogens is 2. The highest BCUT2D eigenvalue weighted by Crippen LogP contribution is 2.30. The monoisotopic (exact) mass is 271 g/mol. The third-order valence-electron chi connectivity index (χ3n) is 2.83. The molecule has 0 aliphatic rings. The van der Waals surface area contributed by atoms with Crippen LogP contribution in [0.15, 0.2) is 36.4 Å². The van der Waals surface area contributed by atoms with Crippen LogP contribution in [-0.2, 0) is 0 Å². The minimum Gasteiger partial charge on any atom is -0.338 e. The van der Waals surface area contributed by atoms with E-state index < -0.39 is 5.82 Å². The summed E-state index contributed by atoms with van der Waals surface area (Å²) in [7, 11) is 0. The van der Waals surface area contributed by atoms with E-state index >= 15 is 0 Å². The first-order valence-electron chi connectivity index (χ1n) is 5.54. The molecule has 3 rings (SSSR count). The molecule has 0 fully saturated rings. The predicted molar refractivity (Wildman–Crippen MR) is 71.2 cm³/mol. The van der Waals surface area contributed by atoms with Crippen LogP contribution in [0.2, 0.25) is 5.02 Å². The molecule has 92 valence electrons. The minimum atomic E-state index is -0.454. The van der Waals surface area contributed by atoms with E-state index in [1.54, 1.807) is 24.3 Å². The Morgan fingerprint density at radius 3 is 2.74 bits per heavy atom. The molecule has 3 aromatic rings. The molecule has 3 nitrogen and oxygen atoms in total. The van der Waals surface area contributed by atoms with Gasteiger partial charge in [-0.3, -0.25) is 0 Å². The minimum absolute atomic E-state index is 0.212. The van der Waals surface area contributed by atoms with Gasteiger partial charge in [-0.15, -0.1) is 0 Å².